The van der Waals surface area contributed by atoms with Crippen molar-refractivity contribution >= 4 is 17.2 Å². The highest BCUT2D eigenvalue weighted by molar-refractivity contribution is 7.10. The Morgan fingerprint density at radius 2 is 2.14 bits per heavy atom. The predicted molar refractivity (Wildman–Crippen MR) is 87.2 cm³/mol. The number of benzene rings is 1. The molecule has 1 amide bonds. The molecule has 1 aromatic carbocycles. The summed E-state index contributed by atoms with van der Waals surface area (Å²) in [6.45, 7) is 2.89. The van der Waals surface area contributed by atoms with Crippen molar-refractivity contribution in [3.63, 3.8) is 0 Å². The van der Waals surface area contributed by atoms with Gasteiger partial charge in [0.2, 0.25) is 0 Å². The van der Waals surface area contributed by atoms with Gasteiger partial charge < -0.3 is 10.6 Å². The summed E-state index contributed by atoms with van der Waals surface area (Å²) in [6.07, 6.45) is 0. The number of nitrogens with zero attached hydrogens (tertiary/aromatic N) is 1. The number of hydrogen-bond acceptors (Lipinski definition) is 3. The molecule has 0 fully saturated rings. The van der Waals surface area contributed by atoms with Crippen molar-refractivity contribution < 1.29 is 4.79 Å². The van der Waals surface area contributed by atoms with E-state index < -0.39 is 0 Å². The first-order valence-electron chi connectivity index (χ1n) is 6.69. The zero-order valence-corrected chi connectivity index (χ0v) is 13.0. The van der Waals surface area contributed by atoms with Gasteiger partial charge in [-0.2, -0.15) is 0 Å². The molecule has 0 radical (unpaired) electrons. The van der Waals surface area contributed by atoms with Gasteiger partial charge in [0.1, 0.15) is 0 Å². The average molecular weight is 298 g/mol. The highest BCUT2D eigenvalue weighted by Gasteiger charge is 2.14. The van der Waals surface area contributed by atoms with Gasteiger partial charge in [-0.05, 0) is 35.6 Å². The van der Waals surface area contributed by atoms with Crippen LogP contribution in [-0.4, -0.2) is 24.4 Å². The molecule has 1 heterocycles. The number of nitrogens with two attached hydrogens (primary N) is 1. The maximum absolute atomic E-state index is 12.4. The first-order valence-corrected chi connectivity index (χ1v) is 7.57. The second-order valence-electron chi connectivity index (χ2n) is 4.80. The van der Waals surface area contributed by atoms with Crippen LogP contribution < -0.4 is 5.73 Å². The van der Waals surface area contributed by atoms with Crippen LogP contribution in [0.25, 0.3) is 0 Å². The van der Waals surface area contributed by atoms with Gasteiger partial charge in [0, 0.05) is 19.2 Å². The zero-order chi connectivity index (χ0) is 15.2. The van der Waals surface area contributed by atoms with E-state index in [2.05, 4.69) is 11.8 Å². The van der Waals surface area contributed by atoms with Gasteiger partial charge in [-0.25, -0.2) is 0 Å². The fourth-order valence-electron chi connectivity index (χ4n) is 2.03. The lowest BCUT2D eigenvalue weighted by atomic mass is 10.1. The van der Waals surface area contributed by atoms with Crippen molar-refractivity contribution in [2.75, 3.05) is 13.6 Å². The fourth-order valence-corrected chi connectivity index (χ4v) is 2.80. The second kappa shape index (κ2) is 7.07. The summed E-state index contributed by atoms with van der Waals surface area (Å²) in [6, 6.07) is 9.65. The number of aryl methyl sites for hydroxylation is 1. The SMILES string of the molecule is Cc1ccccc1C(=O)N(C)Cc1csc(C#CCN)c1. The molecular formula is C17H18N2OS. The van der Waals surface area contributed by atoms with Crippen molar-refractivity contribution in [1.29, 1.82) is 0 Å². The van der Waals surface area contributed by atoms with E-state index in [0.29, 0.717) is 13.1 Å². The molecule has 0 bridgehead atoms. The third-order valence-corrected chi connectivity index (χ3v) is 4.00. The molecule has 0 aliphatic heterocycles. The molecule has 0 unspecified atom stereocenters. The molecule has 0 saturated carbocycles. The maximum atomic E-state index is 12.4. The molecule has 2 N–H and O–H groups in total. The predicted octanol–water partition coefficient (Wildman–Crippen LogP) is 2.64. The summed E-state index contributed by atoms with van der Waals surface area (Å²) in [5.74, 6) is 5.88. The Labute approximate surface area is 129 Å². The molecule has 0 atom stereocenters. The van der Waals surface area contributed by atoms with Crippen LogP contribution in [0, 0.1) is 18.8 Å². The minimum absolute atomic E-state index is 0.0360. The molecule has 0 spiro atoms. The van der Waals surface area contributed by atoms with Crippen LogP contribution in [0.2, 0.25) is 0 Å². The minimum atomic E-state index is 0.0360. The first kappa shape index (κ1) is 15.3. The van der Waals surface area contributed by atoms with Crippen LogP contribution in [0.3, 0.4) is 0 Å². The van der Waals surface area contributed by atoms with Crippen molar-refractivity contribution in [2.45, 2.75) is 13.5 Å². The van der Waals surface area contributed by atoms with Gasteiger partial charge >= 0.3 is 0 Å². The van der Waals surface area contributed by atoms with Crippen LogP contribution in [0.4, 0.5) is 0 Å². The molecule has 0 saturated heterocycles. The Kier molecular flexibility index (Phi) is 5.15. The highest BCUT2D eigenvalue weighted by atomic mass is 32.1. The molecule has 3 nitrogen and oxygen atoms in total. The van der Waals surface area contributed by atoms with Gasteiger partial charge in [0.15, 0.2) is 0 Å². The molecule has 4 heteroatoms. The lowest BCUT2D eigenvalue weighted by Crippen LogP contribution is -2.26. The molecular weight excluding hydrogens is 280 g/mol. The standard InChI is InChI=1S/C17H18N2OS/c1-13-6-3-4-8-16(13)17(20)19(2)11-14-10-15(21-12-14)7-5-9-18/h3-4,6,8,10,12H,9,11,18H2,1-2H3. The molecule has 0 aliphatic carbocycles. The third-order valence-electron chi connectivity index (χ3n) is 3.11. The number of amides is 1. The van der Waals surface area contributed by atoms with Gasteiger partial charge in [0.25, 0.3) is 5.91 Å². The summed E-state index contributed by atoms with van der Waals surface area (Å²) in [5.41, 5.74) is 8.19. The lowest BCUT2D eigenvalue weighted by Gasteiger charge is -2.17. The topological polar surface area (TPSA) is 46.3 Å². The number of carbonyl (C=O) groups excluding carboxylic acids is 1. The van der Waals surface area contributed by atoms with Crippen LogP contribution >= 0.6 is 11.3 Å². The average Bonchev–Trinajstić information content (AvgIpc) is 2.92. The lowest BCUT2D eigenvalue weighted by molar-refractivity contribution is 0.0784. The molecule has 2 rings (SSSR count). The molecule has 0 aliphatic rings. The van der Waals surface area contributed by atoms with Crippen LogP contribution in [0.5, 0.6) is 0 Å². The minimum Gasteiger partial charge on any atom is -0.337 e. The van der Waals surface area contributed by atoms with Gasteiger partial charge in [0.05, 0.1) is 11.4 Å². The monoisotopic (exact) mass is 298 g/mol. The maximum Gasteiger partial charge on any atom is 0.254 e. The van der Waals surface area contributed by atoms with Crippen molar-refractivity contribution in [3.05, 3.63) is 57.3 Å². The Morgan fingerprint density at radius 1 is 1.38 bits per heavy atom. The Balaban J connectivity index is 2.07. The van der Waals surface area contributed by atoms with E-state index in [4.69, 9.17) is 5.73 Å². The summed E-state index contributed by atoms with van der Waals surface area (Å²) in [5, 5.41) is 2.03. The molecule has 1 aromatic heterocycles. The van der Waals surface area contributed by atoms with Crippen molar-refractivity contribution in [3.8, 4) is 11.8 Å². The summed E-state index contributed by atoms with van der Waals surface area (Å²) >= 11 is 1.58. The van der Waals surface area contributed by atoms with Crippen LogP contribution in [-0.2, 0) is 6.54 Å². The third kappa shape index (κ3) is 3.94. The van der Waals surface area contributed by atoms with E-state index in [9.17, 15) is 4.79 Å². The summed E-state index contributed by atoms with van der Waals surface area (Å²) in [7, 11) is 1.82. The highest BCUT2D eigenvalue weighted by Crippen LogP contribution is 2.17. The van der Waals surface area contributed by atoms with Crippen molar-refractivity contribution in [1.82, 2.24) is 4.90 Å². The molecule has 108 valence electrons. The van der Waals surface area contributed by atoms with Crippen molar-refractivity contribution in [2.24, 2.45) is 5.73 Å². The quantitative estimate of drug-likeness (QED) is 0.886. The van der Waals surface area contributed by atoms with Crippen LogP contribution in [0.1, 0.15) is 26.4 Å². The van der Waals surface area contributed by atoms with E-state index >= 15 is 0 Å². The van der Waals surface area contributed by atoms with Gasteiger partial charge in [-0.15, -0.1) is 11.3 Å². The smallest absolute Gasteiger partial charge is 0.254 e. The molecule has 2 aromatic rings. The van der Waals surface area contributed by atoms with Gasteiger partial charge in [-0.3, -0.25) is 4.79 Å². The number of rotatable bonds is 3. The summed E-state index contributed by atoms with van der Waals surface area (Å²) < 4.78 is 0. The van der Waals surface area contributed by atoms with E-state index in [1.807, 2.05) is 49.7 Å². The summed E-state index contributed by atoms with van der Waals surface area (Å²) in [4.78, 5) is 15.1. The van der Waals surface area contributed by atoms with E-state index in [1.54, 1.807) is 16.2 Å². The number of hydrogen-bond donors (Lipinski definition) is 1. The van der Waals surface area contributed by atoms with E-state index in [1.165, 1.54) is 0 Å². The number of carbonyl (C=O) groups is 1. The van der Waals surface area contributed by atoms with Gasteiger partial charge in [-0.1, -0.05) is 30.0 Å². The largest absolute Gasteiger partial charge is 0.337 e. The number of thiophene rings is 1. The Bertz CT molecular complexity index is 694. The normalized spacial score (nSPS) is 9.86. The second-order valence-corrected chi connectivity index (χ2v) is 5.71. The van der Waals surface area contributed by atoms with E-state index in [0.717, 1.165) is 21.6 Å². The Hall–Kier alpha value is -2.09. The van der Waals surface area contributed by atoms with E-state index in [-0.39, 0.29) is 5.91 Å². The zero-order valence-electron chi connectivity index (χ0n) is 12.2. The fraction of sp³-hybridized carbons (Fsp3) is 0.235. The first-order chi connectivity index (χ1) is 10.1. The molecule has 21 heavy (non-hydrogen) atoms. The Morgan fingerprint density at radius 3 is 2.86 bits per heavy atom. The van der Waals surface area contributed by atoms with Crippen LogP contribution in [0.15, 0.2) is 35.7 Å².